The van der Waals surface area contributed by atoms with Crippen LogP contribution in [-0.2, 0) is 12.8 Å². The molecule has 1 atom stereocenters. The second-order valence-corrected chi connectivity index (χ2v) is 5.94. The van der Waals surface area contributed by atoms with Gasteiger partial charge in [0.15, 0.2) is 0 Å². The van der Waals surface area contributed by atoms with E-state index >= 15 is 0 Å². The van der Waals surface area contributed by atoms with Crippen LogP contribution in [0.1, 0.15) is 24.0 Å². The Balaban J connectivity index is 1.61. The first kappa shape index (κ1) is 14.2. The van der Waals surface area contributed by atoms with Crippen LogP contribution in [0.5, 0.6) is 5.75 Å². The number of ether oxygens (including phenoxy) is 1. The number of methoxy groups -OCH3 is 1. The average Bonchev–Trinajstić information content (AvgIpc) is 3.21. The van der Waals surface area contributed by atoms with E-state index in [1.165, 1.54) is 24.0 Å². The molecule has 3 rings (SSSR count). The summed E-state index contributed by atoms with van der Waals surface area (Å²) >= 11 is 0. The van der Waals surface area contributed by atoms with Gasteiger partial charge in [-0.1, -0.05) is 12.1 Å². The van der Waals surface area contributed by atoms with Crippen molar-refractivity contribution < 1.29 is 9.15 Å². The van der Waals surface area contributed by atoms with Crippen molar-refractivity contribution in [1.29, 1.82) is 0 Å². The minimum atomic E-state index is 0.594. The first-order valence-corrected chi connectivity index (χ1v) is 7.71. The van der Waals surface area contributed by atoms with E-state index in [2.05, 4.69) is 23.5 Å². The van der Waals surface area contributed by atoms with Crippen molar-refractivity contribution in [2.75, 3.05) is 13.7 Å². The molecule has 1 fully saturated rings. The fraction of sp³-hybridized carbons (Fsp3) is 0.444. The minimum absolute atomic E-state index is 0.594. The summed E-state index contributed by atoms with van der Waals surface area (Å²) in [5.41, 5.74) is 2.65. The molecule has 0 aliphatic heterocycles. The molecule has 0 spiro atoms. The summed E-state index contributed by atoms with van der Waals surface area (Å²) in [5.74, 6) is 1.51. The van der Waals surface area contributed by atoms with E-state index < -0.39 is 0 Å². The smallest absolute Gasteiger partial charge is 0.118 e. The summed E-state index contributed by atoms with van der Waals surface area (Å²) in [6, 6.07) is 11.2. The van der Waals surface area contributed by atoms with Crippen molar-refractivity contribution in [2.24, 2.45) is 5.92 Å². The lowest BCUT2D eigenvalue weighted by molar-refractivity contribution is 0.414. The van der Waals surface area contributed by atoms with Crippen LogP contribution < -0.4 is 10.1 Å². The normalized spacial score (nSPS) is 15.9. The van der Waals surface area contributed by atoms with Crippen LogP contribution in [-0.4, -0.2) is 19.7 Å². The highest BCUT2D eigenvalue weighted by molar-refractivity contribution is 5.27. The zero-order valence-corrected chi connectivity index (χ0v) is 12.5. The largest absolute Gasteiger partial charge is 0.497 e. The Morgan fingerprint density at radius 3 is 2.52 bits per heavy atom. The maximum absolute atomic E-state index is 5.22. The lowest BCUT2D eigenvalue weighted by Gasteiger charge is -2.17. The van der Waals surface area contributed by atoms with E-state index in [0.717, 1.165) is 31.2 Å². The molecule has 112 valence electrons. The molecule has 1 aliphatic rings. The van der Waals surface area contributed by atoms with E-state index in [0.29, 0.717) is 5.92 Å². The molecule has 0 saturated heterocycles. The van der Waals surface area contributed by atoms with Crippen LogP contribution in [0.25, 0.3) is 0 Å². The Morgan fingerprint density at radius 2 is 1.90 bits per heavy atom. The highest BCUT2D eigenvalue weighted by Crippen LogP contribution is 2.21. The predicted molar refractivity (Wildman–Crippen MR) is 83.6 cm³/mol. The molecular weight excluding hydrogens is 262 g/mol. The molecule has 1 saturated carbocycles. The summed E-state index contributed by atoms with van der Waals surface area (Å²) in [5, 5.41) is 3.66. The van der Waals surface area contributed by atoms with Gasteiger partial charge in [0.2, 0.25) is 0 Å². The van der Waals surface area contributed by atoms with E-state index in [1.54, 1.807) is 13.4 Å². The van der Waals surface area contributed by atoms with Gasteiger partial charge >= 0.3 is 0 Å². The Labute approximate surface area is 126 Å². The van der Waals surface area contributed by atoms with Crippen LogP contribution in [0, 0.1) is 5.92 Å². The number of rotatable bonds is 8. The third kappa shape index (κ3) is 4.36. The predicted octanol–water partition coefficient (Wildman–Crippen LogP) is 3.44. The van der Waals surface area contributed by atoms with Gasteiger partial charge in [-0.25, -0.2) is 0 Å². The maximum atomic E-state index is 5.22. The highest BCUT2D eigenvalue weighted by atomic mass is 16.5. The standard InChI is InChI=1S/C18H23NO2/c1-20-18-6-2-14(3-7-18)10-16(12-19-17-4-5-17)11-15-8-9-21-13-15/h2-3,6-9,13,16-17,19H,4-5,10-12H2,1H3. The van der Waals surface area contributed by atoms with Gasteiger partial charge in [0, 0.05) is 6.04 Å². The molecule has 21 heavy (non-hydrogen) atoms. The van der Waals surface area contributed by atoms with Gasteiger partial charge in [0.05, 0.1) is 19.6 Å². The van der Waals surface area contributed by atoms with Crippen LogP contribution in [0.15, 0.2) is 47.3 Å². The first-order chi connectivity index (χ1) is 10.3. The highest BCUT2D eigenvalue weighted by Gasteiger charge is 2.22. The van der Waals surface area contributed by atoms with Gasteiger partial charge in [0.25, 0.3) is 0 Å². The Morgan fingerprint density at radius 1 is 1.14 bits per heavy atom. The molecule has 0 bridgehead atoms. The molecule has 1 N–H and O–H groups in total. The zero-order valence-electron chi connectivity index (χ0n) is 12.5. The van der Waals surface area contributed by atoms with Gasteiger partial charge in [-0.3, -0.25) is 0 Å². The maximum Gasteiger partial charge on any atom is 0.118 e. The second kappa shape index (κ2) is 6.81. The third-order valence-corrected chi connectivity index (χ3v) is 4.06. The summed E-state index contributed by atoms with van der Waals surface area (Å²) in [7, 11) is 1.70. The topological polar surface area (TPSA) is 34.4 Å². The van der Waals surface area contributed by atoms with Crippen LogP contribution in [0.3, 0.4) is 0 Å². The molecule has 1 aromatic carbocycles. The van der Waals surface area contributed by atoms with Gasteiger partial charge < -0.3 is 14.5 Å². The van der Waals surface area contributed by atoms with Crippen molar-refractivity contribution in [1.82, 2.24) is 5.32 Å². The van der Waals surface area contributed by atoms with E-state index in [-0.39, 0.29) is 0 Å². The lowest BCUT2D eigenvalue weighted by atomic mass is 9.93. The number of nitrogens with one attached hydrogen (secondary N) is 1. The molecule has 2 aromatic rings. The number of hydrogen-bond donors (Lipinski definition) is 1. The molecule has 3 heteroatoms. The average molecular weight is 285 g/mol. The van der Waals surface area contributed by atoms with E-state index in [9.17, 15) is 0 Å². The SMILES string of the molecule is COc1ccc(CC(CNC2CC2)Cc2ccoc2)cc1. The van der Waals surface area contributed by atoms with Crippen molar-refractivity contribution in [3.63, 3.8) is 0 Å². The molecule has 0 radical (unpaired) electrons. The van der Waals surface area contributed by atoms with E-state index in [4.69, 9.17) is 9.15 Å². The van der Waals surface area contributed by atoms with Gasteiger partial charge in [-0.05, 0) is 67.5 Å². The Kier molecular flexibility index (Phi) is 4.61. The van der Waals surface area contributed by atoms with Crippen molar-refractivity contribution in [3.05, 3.63) is 54.0 Å². The van der Waals surface area contributed by atoms with Crippen molar-refractivity contribution >= 4 is 0 Å². The zero-order chi connectivity index (χ0) is 14.5. The number of benzene rings is 1. The molecular formula is C18H23NO2. The van der Waals surface area contributed by atoms with E-state index in [1.807, 2.05) is 18.4 Å². The summed E-state index contributed by atoms with van der Waals surface area (Å²) in [6.45, 7) is 1.07. The quantitative estimate of drug-likeness (QED) is 0.807. The van der Waals surface area contributed by atoms with Crippen LogP contribution >= 0.6 is 0 Å². The molecule has 1 unspecified atom stereocenters. The fourth-order valence-electron chi connectivity index (χ4n) is 2.67. The minimum Gasteiger partial charge on any atom is -0.497 e. The lowest BCUT2D eigenvalue weighted by Crippen LogP contribution is -2.27. The van der Waals surface area contributed by atoms with Gasteiger partial charge in [-0.2, -0.15) is 0 Å². The molecule has 1 aromatic heterocycles. The summed E-state index contributed by atoms with van der Waals surface area (Å²) in [4.78, 5) is 0. The van der Waals surface area contributed by atoms with Crippen LogP contribution in [0.2, 0.25) is 0 Å². The fourth-order valence-corrected chi connectivity index (χ4v) is 2.67. The summed E-state index contributed by atoms with van der Waals surface area (Å²) in [6.07, 6.45) is 8.42. The van der Waals surface area contributed by atoms with Gasteiger partial charge in [-0.15, -0.1) is 0 Å². The van der Waals surface area contributed by atoms with Gasteiger partial charge in [0.1, 0.15) is 5.75 Å². The van der Waals surface area contributed by atoms with Crippen molar-refractivity contribution in [3.8, 4) is 5.75 Å². The number of hydrogen-bond acceptors (Lipinski definition) is 3. The molecule has 1 heterocycles. The molecule has 1 aliphatic carbocycles. The Hall–Kier alpha value is -1.74. The monoisotopic (exact) mass is 285 g/mol. The molecule has 0 amide bonds. The first-order valence-electron chi connectivity index (χ1n) is 7.71. The number of furan rings is 1. The molecule has 3 nitrogen and oxygen atoms in total. The van der Waals surface area contributed by atoms with Crippen LogP contribution in [0.4, 0.5) is 0 Å². The Bertz CT molecular complexity index is 529. The third-order valence-electron chi connectivity index (χ3n) is 4.06. The second-order valence-electron chi connectivity index (χ2n) is 5.94. The van der Waals surface area contributed by atoms with Crippen molar-refractivity contribution in [2.45, 2.75) is 31.7 Å². The summed E-state index contributed by atoms with van der Waals surface area (Å²) < 4.78 is 10.4.